The molecular weight excluding hydrogens is 300 g/mol. The third-order valence-corrected chi connectivity index (χ3v) is 4.47. The third kappa shape index (κ3) is 2.35. The van der Waals surface area contributed by atoms with Gasteiger partial charge in [-0.05, 0) is 36.5 Å². The summed E-state index contributed by atoms with van der Waals surface area (Å²) in [5, 5.41) is 13.1. The van der Waals surface area contributed by atoms with E-state index in [4.69, 9.17) is 0 Å². The van der Waals surface area contributed by atoms with Gasteiger partial charge in [-0.15, -0.1) is 10.2 Å². The fourth-order valence-electron chi connectivity index (χ4n) is 3.19. The molecule has 122 valence electrons. The van der Waals surface area contributed by atoms with Gasteiger partial charge in [0.1, 0.15) is 5.82 Å². The SMILES string of the molecule is CCc1nnc2c(CC(C)c3cnn4cc(C)cnc34)cccn12. The lowest BCUT2D eigenvalue weighted by molar-refractivity contribution is 0.762. The van der Waals surface area contributed by atoms with E-state index in [1.54, 1.807) is 0 Å². The van der Waals surface area contributed by atoms with Crippen molar-refractivity contribution >= 4 is 11.3 Å². The smallest absolute Gasteiger partial charge is 0.164 e. The van der Waals surface area contributed by atoms with Gasteiger partial charge in [0.25, 0.3) is 0 Å². The summed E-state index contributed by atoms with van der Waals surface area (Å²) in [6.07, 6.45) is 9.60. The van der Waals surface area contributed by atoms with Crippen LogP contribution in [0.25, 0.3) is 11.3 Å². The first kappa shape index (κ1) is 14.8. The molecule has 0 amide bonds. The molecule has 0 spiro atoms. The van der Waals surface area contributed by atoms with Crippen molar-refractivity contribution in [3.05, 3.63) is 59.4 Å². The fourth-order valence-corrected chi connectivity index (χ4v) is 3.19. The van der Waals surface area contributed by atoms with Crippen molar-refractivity contribution < 1.29 is 0 Å². The number of fused-ring (bicyclic) bond motifs is 2. The van der Waals surface area contributed by atoms with Crippen molar-refractivity contribution in [3.8, 4) is 0 Å². The molecule has 0 saturated heterocycles. The number of aryl methyl sites for hydroxylation is 2. The average Bonchev–Trinajstić information content (AvgIpc) is 3.18. The predicted molar refractivity (Wildman–Crippen MR) is 92.2 cm³/mol. The Labute approximate surface area is 140 Å². The Morgan fingerprint density at radius 3 is 2.88 bits per heavy atom. The van der Waals surface area contributed by atoms with Gasteiger partial charge >= 0.3 is 0 Å². The van der Waals surface area contributed by atoms with E-state index >= 15 is 0 Å². The first-order chi connectivity index (χ1) is 11.7. The normalized spacial score (nSPS) is 13.0. The number of aromatic nitrogens is 6. The Morgan fingerprint density at radius 2 is 2.04 bits per heavy atom. The Morgan fingerprint density at radius 1 is 1.17 bits per heavy atom. The number of hydrogen-bond donors (Lipinski definition) is 0. The molecule has 6 heteroatoms. The van der Waals surface area contributed by atoms with Crippen LogP contribution in [0.3, 0.4) is 0 Å². The molecule has 4 aromatic rings. The first-order valence-corrected chi connectivity index (χ1v) is 8.28. The summed E-state index contributed by atoms with van der Waals surface area (Å²) >= 11 is 0. The topological polar surface area (TPSA) is 60.4 Å². The zero-order chi connectivity index (χ0) is 16.7. The van der Waals surface area contributed by atoms with Gasteiger partial charge < -0.3 is 0 Å². The van der Waals surface area contributed by atoms with E-state index in [0.29, 0.717) is 5.92 Å². The number of nitrogens with zero attached hydrogens (tertiary/aromatic N) is 6. The summed E-state index contributed by atoms with van der Waals surface area (Å²) < 4.78 is 3.94. The van der Waals surface area contributed by atoms with E-state index in [2.05, 4.69) is 50.7 Å². The van der Waals surface area contributed by atoms with Crippen LogP contribution >= 0.6 is 0 Å². The second-order valence-corrected chi connectivity index (χ2v) is 6.30. The maximum absolute atomic E-state index is 4.55. The van der Waals surface area contributed by atoms with Crippen LogP contribution in [0.5, 0.6) is 0 Å². The summed E-state index contributed by atoms with van der Waals surface area (Å²) in [5.41, 5.74) is 5.33. The first-order valence-electron chi connectivity index (χ1n) is 8.28. The van der Waals surface area contributed by atoms with E-state index < -0.39 is 0 Å². The summed E-state index contributed by atoms with van der Waals surface area (Å²) in [5.74, 6) is 1.29. The van der Waals surface area contributed by atoms with Crippen molar-refractivity contribution in [1.82, 2.24) is 29.2 Å². The largest absolute Gasteiger partial charge is 0.286 e. The maximum Gasteiger partial charge on any atom is 0.164 e. The molecule has 1 unspecified atom stereocenters. The van der Waals surface area contributed by atoms with E-state index in [-0.39, 0.29) is 0 Å². The average molecular weight is 320 g/mol. The van der Waals surface area contributed by atoms with Gasteiger partial charge in [0, 0.05) is 30.6 Å². The zero-order valence-electron chi connectivity index (χ0n) is 14.1. The predicted octanol–water partition coefficient (Wildman–Crippen LogP) is 2.99. The summed E-state index contributed by atoms with van der Waals surface area (Å²) in [6, 6.07) is 4.19. The third-order valence-electron chi connectivity index (χ3n) is 4.47. The lowest BCUT2D eigenvalue weighted by Gasteiger charge is -2.11. The van der Waals surface area contributed by atoms with Crippen LogP contribution in [0, 0.1) is 6.92 Å². The van der Waals surface area contributed by atoms with E-state index in [1.807, 2.05) is 36.2 Å². The van der Waals surface area contributed by atoms with E-state index in [1.165, 1.54) is 5.56 Å². The zero-order valence-corrected chi connectivity index (χ0v) is 14.1. The quantitative estimate of drug-likeness (QED) is 0.580. The fraction of sp³-hybridized carbons (Fsp3) is 0.333. The molecule has 0 aromatic carbocycles. The molecule has 0 N–H and O–H groups in total. The van der Waals surface area contributed by atoms with Crippen LogP contribution in [0.15, 0.2) is 36.9 Å². The second-order valence-electron chi connectivity index (χ2n) is 6.30. The highest BCUT2D eigenvalue weighted by molar-refractivity contribution is 5.52. The van der Waals surface area contributed by atoms with Gasteiger partial charge in [-0.2, -0.15) is 5.10 Å². The highest BCUT2D eigenvalue weighted by atomic mass is 15.2. The summed E-state index contributed by atoms with van der Waals surface area (Å²) in [4.78, 5) is 4.55. The molecule has 0 bridgehead atoms. The minimum Gasteiger partial charge on any atom is -0.286 e. The second kappa shape index (κ2) is 5.70. The van der Waals surface area contributed by atoms with Crippen LogP contribution in [-0.4, -0.2) is 29.2 Å². The number of rotatable bonds is 4. The number of hydrogen-bond acceptors (Lipinski definition) is 4. The summed E-state index contributed by atoms with van der Waals surface area (Å²) in [6.45, 7) is 6.33. The van der Waals surface area contributed by atoms with Crippen LogP contribution < -0.4 is 0 Å². The minimum atomic E-state index is 0.297. The molecule has 4 rings (SSSR count). The van der Waals surface area contributed by atoms with Crippen molar-refractivity contribution in [2.24, 2.45) is 0 Å². The van der Waals surface area contributed by atoms with E-state index in [9.17, 15) is 0 Å². The molecule has 0 radical (unpaired) electrons. The lowest BCUT2D eigenvalue weighted by Crippen LogP contribution is -2.02. The Hall–Kier alpha value is -2.76. The Kier molecular flexibility index (Phi) is 3.52. The van der Waals surface area contributed by atoms with Crippen LogP contribution in [0.2, 0.25) is 0 Å². The van der Waals surface area contributed by atoms with Crippen LogP contribution in [0.4, 0.5) is 0 Å². The van der Waals surface area contributed by atoms with Crippen LogP contribution in [-0.2, 0) is 12.8 Å². The van der Waals surface area contributed by atoms with E-state index in [0.717, 1.165) is 41.1 Å². The van der Waals surface area contributed by atoms with Crippen molar-refractivity contribution in [1.29, 1.82) is 0 Å². The van der Waals surface area contributed by atoms with Crippen molar-refractivity contribution in [2.45, 2.75) is 39.5 Å². The van der Waals surface area contributed by atoms with Gasteiger partial charge in [-0.1, -0.05) is 19.9 Å². The van der Waals surface area contributed by atoms with Gasteiger partial charge in [0.2, 0.25) is 0 Å². The molecule has 1 atom stereocenters. The molecule has 0 aliphatic carbocycles. The Bertz CT molecular complexity index is 1010. The minimum absolute atomic E-state index is 0.297. The highest BCUT2D eigenvalue weighted by Crippen LogP contribution is 2.25. The molecule has 0 saturated carbocycles. The van der Waals surface area contributed by atoms with Gasteiger partial charge in [0.15, 0.2) is 11.3 Å². The summed E-state index contributed by atoms with van der Waals surface area (Å²) in [7, 11) is 0. The molecule has 4 heterocycles. The molecule has 24 heavy (non-hydrogen) atoms. The number of pyridine rings is 1. The highest BCUT2D eigenvalue weighted by Gasteiger charge is 2.16. The van der Waals surface area contributed by atoms with Crippen molar-refractivity contribution in [2.75, 3.05) is 0 Å². The van der Waals surface area contributed by atoms with Crippen molar-refractivity contribution in [3.63, 3.8) is 0 Å². The van der Waals surface area contributed by atoms with Crippen LogP contribution in [0.1, 0.15) is 42.3 Å². The molecule has 0 aliphatic heterocycles. The van der Waals surface area contributed by atoms with Gasteiger partial charge in [-0.25, -0.2) is 9.50 Å². The molecule has 0 aliphatic rings. The molecule has 4 aromatic heterocycles. The van der Waals surface area contributed by atoms with Gasteiger partial charge in [0.05, 0.1) is 6.20 Å². The molecule has 6 nitrogen and oxygen atoms in total. The maximum atomic E-state index is 4.55. The lowest BCUT2D eigenvalue weighted by atomic mass is 9.96. The monoisotopic (exact) mass is 320 g/mol. The standard InChI is InChI=1S/C18H20N6/c1-4-16-21-22-17-14(6-5-7-23(16)17)8-13(3)15-10-20-24-11-12(2)9-19-18(15)24/h5-7,9-11,13H,4,8H2,1-3H3. The Balaban J connectivity index is 1.71. The molecular formula is C18H20N6. The van der Waals surface area contributed by atoms with Gasteiger partial charge in [-0.3, -0.25) is 4.40 Å². The molecule has 0 fully saturated rings.